The lowest BCUT2D eigenvalue weighted by Gasteiger charge is -2.14. The molecule has 0 saturated heterocycles. The molecular weight excluding hydrogens is 334 g/mol. The largest absolute Gasteiger partial charge is 1.00 e. The molecule has 0 saturated carbocycles. The van der Waals surface area contributed by atoms with Crippen molar-refractivity contribution < 1.29 is 27.6 Å². The maximum Gasteiger partial charge on any atom is 0.141 e. The van der Waals surface area contributed by atoms with E-state index in [1.807, 2.05) is 0 Å². The van der Waals surface area contributed by atoms with Gasteiger partial charge in [0, 0.05) is 6.42 Å². The van der Waals surface area contributed by atoms with Gasteiger partial charge in [-0.2, -0.15) is 10.4 Å². The Bertz CT molecular complexity index is 245. The third-order valence-electron chi connectivity index (χ3n) is 4.94. The zero-order valence-electron chi connectivity index (χ0n) is 17.2. The van der Waals surface area contributed by atoms with Crippen LogP contribution in [0.15, 0.2) is 0 Å². The summed E-state index contributed by atoms with van der Waals surface area (Å²) < 4.78 is 0. The first-order valence-corrected chi connectivity index (χ1v) is 10.9. The molecule has 0 fully saturated rings. The fraction of sp³-hybridized carbons (Fsp3) is 1.00. The molecule has 3 nitrogen and oxygen atoms in total. The van der Waals surface area contributed by atoms with E-state index in [0.717, 1.165) is 12.8 Å². The molecule has 2 N–H and O–H groups in total. The van der Waals surface area contributed by atoms with Crippen molar-refractivity contribution in [2.75, 3.05) is 13.6 Å². The minimum Gasteiger partial charge on any atom is -1.00 e. The molecule has 0 atom stereocenters. The summed E-state index contributed by atoms with van der Waals surface area (Å²) in [5.41, 5.74) is 0. The molecule has 0 aliphatic rings. The van der Waals surface area contributed by atoms with Crippen molar-refractivity contribution in [1.82, 2.24) is 0 Å². The standard InChI is InChI=1S/C21H46NO2.ClH/c1-3-4-5-6-7-8-9-10-11-12-13-14-15-16-17-18-19-20-21-22(2,23)24;/h23-24H,3-21H2,1-2H3;1H/q+1;/p-1. The van der Waals surface area contributed by atoms with Gasteiger partial charge in [-0.25, -0.2) is 0 Å². The van der Waals surface area contributed by atoms with E-state index in [1.165, 1.54) is 110 Å². The van der Waals surface area contributed by atoms with Crippen molar-refractivity contribution in [2.24, 2.45) is 0 Å². The van der Waals surface area contributed by atoms with E-state index in [1.54, 1.807) is 0 Å². The van der Waals surface area contributed by atoms with E-state index in [9.17, 15) is 0 Å². The molecule has 0 aromatic rings. The summed E-state index contributed by atoms with van der Waals surface area (Å²) >= 11 is 0. The third kappa shape index (κ3) is 26.5. The summed E-state index contributed by atoms with van der Waals surface area (Å²) in [4.78, 5) is -0.876. The van der Waals surface area contributed by atoms with Crippen LogP contribution in [0.3, 0.4) is 0 Å². The molecule has 0 spiro atoms. The molecule has 0 bridgehead atoms. The summed E-state index contributed by atoms with van der Waals surface area (Å²) in [5, 5.41) is 18.3. The molecule has 0 radical (unpaired) electrons. The first-order chi connectivity index (χ1) is 11.6. The van der Waals surface area contributed by atoms with Crippen LogP contribution in [0.2, 0.25) is 0 Å². The molecule has 0 amide bonds. The maximum absolute atomic E-state index is 9.15. The summed E-state index contributed by atoms with van der Waals surface area (Å²) in [6, 6.07) is 0. The van der Waals surface area contributed by atoms with Crippen molar-refractivity contribution in [2.45, 2.75) is 122 Å². The zero-order chi connectivity index (χ0) is 17.9. The Balaban J connectivity index is 0. The summed E-state index contributed by atoms with van der Waals surface area (Å²) in [7, 11) is 1.41. The predicted octanol–water partition coefficient (Wildman–Crippen LogP) is 4.26. The van der Waals surface area contributed by atoms with Gasteiger partial charge in [-0.05, 0) is 6.42 Å². The quantitative estimate of drug-likeness (QED) is 0.200. The summed E-state index contributed by atoms with van der Waals surface area (Å²) in [6.45, 7) is 2.73. The van der Waals surface area contributed by atoms with Gasteiger partial charge in [0.15, 0.2) is 0 Å². The topological polar surface area (TPSA) is 40.5 Å². The van der Waals surface area contributed by atoms with Gasteiger partial charge in [-0.15, -0.1) is 0 Å². The van der Waals surface area contributed by atoms with Crippen LogP contribution in [0.5, 0.6) is 0 Å². The normalized spacial score (nSPS) is 11.5. The average Bonchev–Trinajstić information content (AvgIpc) is 2.52. The molecule has 0 rings (SSSR count). The van der Waals surface area contributed by atoms with Crippen LogP contribution in [-0.2, 0) is 0 Å². The monoisotopic (exact) mass is 379 g/mol. The molecular formula is C21H46ClNO2. The lowest BCUT2D eigenvalue weighted by atomic mass is 10.0. The van der Waals surface area contributed by atoms with E-state index in [2.05, 4.69) is 6.92 Å². The molecule has 0 aliphatic heterocycles. The van der Waals surface area contributed by atoms with E-state index >= 15 is 0 Å². The lowest BCUT2D eigenvalue weighted by molar-refractivity contribution is -1.23. The van der Waals surface area contributed by atoms with Gasteiger partial charge in [0.25, 0.3) is 0 Å². The summed E-state index contributed by atoms with van der Waals surface area (Å²) in [6.07, 6.45) is 24.4. The average molecular weight is 380 g/mol. The van der Waals surface area contributed by atoms with Gasteiger partial charge < -0.3 is 12.4 Å². The van der Waals surface area contributed by atoms with E-state index in [4.69, 9.17) is 10.4 Å². The number of quaternary nitrogens is 1. The van der Waals surface area contributed by atoms with Crippen molar-refractivity contribution in [1.29, 1.82) is 0 Å². The minimum absolute atomic E-state index is 0. The SMILES string of the molecule is CCCCCCCCCCCCCCCCCCCC[N+](C)(O)O.[Cl-]. The molecule has 0 unspecified atom stereocenters. The van der Waals surface area contributed by atoms with Gasteiger partial charge in [0.05, 0.1) is 0 Å². The van der Waals surface area contributed by atoms with Gasteiger partial charge >= 0.3 is 0 Å². The molecule has 25 heavy (non-hydrogen) atoms. The van der Waals surface area contributed by atoms with Crippen molar-refractivity contribution >= 4 is 0 Å². The number of hydrogen-bond donors (Lipinski definition) is 2. The van der Waals surface area contributed by atoms with E-state index in [0.29, 0.717) is 6.54 Å². The second kappa shape index (κ2) is 20.5. The zero-order valence-corrected chi connectivity index (χ0v) is 17.9. The Morgan fingerprint density at radius 1 is 0.480 bits per heavy atom. The maximum atomic E-state index is 9.15. The minimum atomic E-state index is -0.876. The number of rotatable bonds is 19. The highest BCUT2D eigenvalue weighted by Gasteiger charge is 2.12. The Hall–Kier alpha value is 0.170. The smallest absolute Gasteiger partial charge is 0.141 e. The van der Waals surface area contributed by atoms with Crippen molar-refractivity contribution in [3.05, 3.63) is 0 Å². The van der Waals surface area contributed by atoms with Crippen LogP contribution >= 0.6 is 0 Å². The lowest BCUT2D eigenvalue weighted by Crippen LogP contribution is -3.00. The van der Waals surface area contributed by atoms with Crippen molar-refractivity contribution in [3.63, 3.8) is 0 Å². The van der Waals surface area contributed by atoms with E-state index in [-0.39, 0.29) is 12.4 Å². The first-order valence-electron chi connectivity index (χ1n) is 10.9. The number of halogens is 1. The Morgan fingerprint density at radius 3 is 0.960 bits per heavy atom. The van der Waals surface area contributed by atoms with Crippen LogP contribution in [0.4, 0.5) is 0 Å². The highest BCUT2D eigenvalue weighted by molar-refractivity contribution is 4.50. The highest BCUT2D eigenvalue weighted by Crippen LogP contribution is 2.14. The Morgan fingerprint density at radius 2 is 0.720 bits per heavy atom. The molecule has 0 heterocycles. The second-order valence-electron chi connectivity index (χ2n) is 7.82. The third-order valence-corrected chi connectivity index (χ3v) is 4.94. The van der Waals surface area contributed by atoms with Gasteiger partial charge in [-0.3, -0.25) is 0 Å². The number of unbranched alkanes of at least 4 members (excludes halogenated alkanes) is 17. The molecule has 0 aromatic carbocycles. The number of hydrogen-bond acceptors (Lipinski definition) is 2. The van der Waals surface area contributed by atoms with Gasteiger partial charge in [0.1, 0.15) is 13.6 Å². The van der Waals surface area contributed by atoms with Crippen LogP contribution in [0.25, 0.3) is 0 Å². The van der Waals surface area contributed by atoms with Crippen LogP contribution in [0.1, 0.15) is 122 Å². The molecule has 4 heteroatoms. The van der Waals surface area contributed by atoms with Crippen molar-refractivity contribution in [3.8, 4) is 0 Å². The fourth-order valence-electron chi connectivity index (χ4n) is 3.31. The fourth-order valence-corrected chi connectivity index (χ4v) is 3.31. The van der Waals surface area contributed by atoms with Crippen LogP contribution < -0.4 is 12.4 Å². The molecule has 154 valence electrons. The molecule has 0 aromatic heterocycles. The summed E-state index contributed by atoms with van der Waals surface area (Å²) in [5.74, 6) is 0. The van der Waals surface area contributed by atoms with Crippen LogP contribution in [-0.4, -0.2) is 28.8 Å². The highest BCUT2D eigenvalue weighted by atomic mass is 35.5. The first kappa shape index (κ1) is 27.4. The molecule has 0 aliphatic carbocycles. The van der Waals surface area contributed by atoms with Gasteiger partial charge in [-0.1, -0.05) is 114 Å². The second-order valence-corrected chi connectivity index (χ2v) is 7.82. The predicted molar refractivity (Wildman–Crippen MR) is 103 cm³/mol. The van der Waals surface area contributed by atoms with Crippen LogP contribution in [0, 0.1) is 0 Å². The van der Waals surface area contributed by atoms with Gasteiger partial charge in [0.2, 0.25) is 0 Å². The Kier molecular flexibility index (Phi) is 22.4. The number of nitrogens with zero attached hydrogens (tertiary/aromatic N) is 1. The number of hydroxylamine groups is 4. The van der Waals surface area contributed by atoms with E-state index < -0.39 is 4.81 Å². The Labute approximate surface area is 164 Å².